The standard InChI is InChI=1S/C12H18BrN/c1-3-6-10-7-5-8-11(13)12(10)14-9-4-2/h5,7-8,14H,3-4,6,9H2,1-2H3. The highest BCUT2D eigenvalue weighted by Crippen LogP contribution is 2.27. The second-order valence-corrected chi connectivity index (χ2v) is 4.31. The molecule has 0 aliphatic heterocycles. The maximum absolute atomic E-state index is 3.58. The molecule has 1 aromatic carbocycles. The summed E-state index contributed by atoms with van der Waals surface area (Å²) in [4.78, 5) is 0. The number of anilines is 1. The largest absolute Gasteiger partial charge is 0.384 e. The lowest BCUT2D eigenvalue weighted by atomic mass is 10.1. The molecule has 0 amide bonds. The zero-order chi connectivity index (χ0) is 10.4. The number of para-hydroxylation sites is 1. The average Bonchev–Trinajstić information content (AvgIpc) is 2.18. The van der Waals surface area contributed by atoms with Crippen LogP contribution in [0.3, 0.4) is 0 Å². The quantitative estimate of drug-likeness (QED) is 0.831. The molecular formula is C12H18BrN. The number of halogens is 1. The van der Waals surface area contributed by atoms with E-state index in [0.717, 1.165) is 19.4 Å². The van der Waals surface area contributed by atoms with E-state index in [-0.39, 0.29) is 0 Å². The summed E-state index contributed by atoms with van der Waals surface area (Å²) in [6.45, 7) is 5.44. The third-order valence-electron chi connectivity index (χ3n) is 2.17. The maximum atomic E-state index is 3.58. The summed E-state index contributed by atoms with van der Waals surface area (Å²) in [6, 6.07) is 6.40. The lowest BCUT2D eigenvalue weighted by Crippen LogP contribution is -2.03. The molecule has 14 heavy (non-hydrogen) atoms. The first kappa shape index (κ1) is 11.6. The first-order valence-corrected chi connectivity index (χ1v) is 6.10. The molecule has 0 aliphatic rings. The Kier molecular flexibility index (Phi) is 5.02. The van der Waals surface area contributed by atoms with Gasteiger partial charge in [-0.15, -0.1) is 0 Å². The van der Waals surface area contributed by atoms with E-state index < -0.39 is 0 Å². The van der Waals surface area contributed by atoms with Crippen molar-refractivity contribution in [3.05, 3.63) is 28.2 Å². The molecule has 0 unspecified atom stereocenters. The van der Waals surface area contributed by atoms with Crippen LogP contribution in [-0.2, 0) is 6.42 Å². The number of rotatable bonds is 5. The second kappa shape index (κ2) is 6.07. The molecule has 1 rings (SSSR count). The van der Waals surface area contributed by atoms with Crippen LogP contribution in [0.15, 0.2) is 22.7 Å². The van der Waals surface area contributed by atoms with Crippen molar-refractivity contribution in [2.75, 3.05) is 11.9 Å². The van der Waals surface area contributed by atoms with E-state index in [2.05, 4.69) is 53.3 Å². The predicted molar refractivity (Wildman–Crippen MR) is 66.9 cm³/mol. The monoisotopic (exact) mass is 255 g/mol. The molecule has 0 aliphatic carbocycles. The van der Waals surface area contributed by atoms with Crippen LogP contribution in [0.25, 0.3) is 0 Å². The van der Waals surface area contributed by atoms with Gasteiger partial charge in [-0.3, -0.25) is 0 Å². The Morgan fingerprint density at radius 3 is 2.64 bits per heavy atom. The predicted octanol–water partition coefficient (Wildman–Crippen LogP) is 4.22. The molecule has 2 heteroatoms. The van der Waals surface area contributed by atoms with Gasteiger partial charge in [0.25, 0.3) is 0 Å². The molecular weight excluding hydrogens is 238 g/mol. The molecule has 1 N–H and O–H groups in total. The van der Waals surface area contributed by atoms with Gasteiger partial charge in [0, 0.05) is 11.0 Å². The topological polar surface area (TPSA) is 12.0 Å². The summed E-state index contributed by atoms with van der Waals surface area (Å²) in [6.07, 6.45) is 3.50. The van der Waals surface area contributed by atoms with Crippen LogP contribution in [0.5, 0.6) is 0 Å². The van der Waals surface area contributed by atoms with Crippen molar-refractivity contribution in [3.63, 3.8) is 0 Å². The van der Waals surface area contributed by atoms with Crippen LogP contribution in [0.4, 0.5) is 5.69 Å². The van der Waals surface area contributed by atoms with Gasteiger partial charge in [-0.05, 0) is 40.4 Å². The van der Waals surface area contributed by atoms with Gasteiger partial charge in [0.15, 0.2) is 0 Å². The van der Waals surface area contributed by atoms with Crippen molar-refractivity contribution >= 4 is 21.6 Å². The SMILES string of the molecule is CCCNc1c(Br)cccc1CCC. The summed E-state index contributed by atoms with van der Waals surface area (Å²) in [5.74, 6) is 0. The van der Waals surface area contributed by atoms with Crippen molar-refractivity contribution in [2.45, 2.75) is 33.1 Å². The Hall–Kier alpha value is -0.500. The van der Waals surface area contributed by atoms with Gasteiger partial charge < -0.3 is 5.32 Å². The molecule has 1 aromatic rings. The summed E-state index contributed by atoms with van der Waals surface area (Å²) < 4.78 is 1.18. The summed E-state index contributed by atoms with van der Waals surface area (Å²) in [5.41, 5.74) is 2.69. The van der Waals surface area contributed by atoms with E-state index in [0.29, 0.717) is 0 Å². The molecule has 1 nitrogen and oxygen atoms in total. The Bertz CT molecular complexity index is 284. The molecule has 0 atom stereocenters. The van der Waals surface area contributed by atoms with Crippen LogP contribution >= 0.6 is 15.9 Å². The molecule has 0 radical (unpaired) electrons. The third-order valence-corrected chi connectivity index (χ3v) is 2.83. The van der Waals surface area contributed by atoms with Gasteiger partial charge in [-0.25, -0.2) is 0 Å². The molecule has 0 spiro atoms. The van der Waals surface area contributed by atoms with E-state index in [4.69, 9.17) is 0 Å². The number of aryl methyl sites for hydroxylation is 1. The Balaban J connectivity index is 2.84. The van der Waals surface area contributed by atoms with Gasteiger partial charge in [-0.2, -0.15) is 0 Å². The van der Waals surface area contributed by atoms with Gasteiger partial charge in [0.2, 0.25) is 0 Å². The molecule has 78 valence electrons. The Labute approximate surface area is 95.0 Å². The Morgan fingerprint density at radius 2 is 2.00 bits per heavy atom. The van der Waals surface area contributed by atoms with Crippen LogP contribution in [-0.4, -0.2) is 6.54 Å². The normalized spacial score (nSPS) is 10.2. The molecule has 0 saturated carbocycles. The second-order valence-electron chi connectivity index (χ2n) is 3.45. The fourth-order valence-electron chi connectivity index (χ4n) is 1.49. The number of nitrogens with one attached hydrogen (secondary N) is 1. The fourth-order valence-corrected chi connectivity index (χ4v) is 2.04. The fraction of sp³-hybridized carbons (Fsp3) is 0.500. The smallest absolute Gasteiger partial charge is 0.0517 e. The molecule has 0 fully saturated rings. The maximum Gasteiger partial charge on any atom is 0.0517 e. The van der Waals surface area contributed by atoms with Crippen molar-refractivity contribution in [1.29, 1.82) is 0 Å². The highest BCUT2D eigenvalue weighted by Gasteiger charge is 2.04. The van der Waals surface area contributed by atoms with Gasteiger partial charge in [-0.1, -0.05) is 32.4 Å². The number of benzene rings is 1. The molecule has 0 saturated heterocycles. The summed E-state index contributed by atoms with van der Waals surface area (Å²) in [7, 11) is 0. The van der Waals surface area contributed by atoms with E-state index in [1.165, 1.54) is 22.1 Å². The Morgan fingerprint density at radius 1 is 1.21 bits per heavy atom. The van der Waals surface area contributed by atoms with E-state index in [1.54, 1.807) is 0 Å². The number of hydrogen-bond donors (Lipinski definition) is 1. The molecule has 0 aromatic heterocycles. The first-order chi connectivity index (χ1) is 6.79. The highest BCUT2D eigenvalue weighted by atomic mass is 79.9. The van der Waals surface area contributed by atoms with E-state index >= 15 is 0 Å². The number of hydrogen-bond acceptors (Lipinski definition) is 1. The first-order valence-electron chi connectivity index (χ1n) is 5.30. The van der Waals surface area contributed by atoms with Crippen LogP contribution in [0.2, 0.25) is 0 Å². The summed E-state index contributed by atoms with van der Waals surface area (Å²) in [5, 5.41) is 3.47. The van der Waals surface area contributed by atoms with Gasteiger partial charge in [0.1, 0.15) is 0 Å². The van der Waals surface area contributed by atoms with Crippen molar-refractivity contribution in [2.24, 2.45) is 0 Å². The lowest BCUT2D eigenvalue weighted by molar-refractivity contribution is 0.912. The third kappa shape index (κ3) is 3.02. The minimum absolute atomic E-state index is 1.04. The van der Waals surface area contributed by atoms with Crippen molar-refractivity contribution in [1.82, 2.24) is 0 Å². The average molecular weight is 256 g/mol. The lowest BCUT2D eigenvalue weighted by Gasteiger charge is -2.12. The van der Waals surface area contributed by atoms with Crippen LogP contribution in [0, 0.1) is 0 Å². The minimum atomic E-state index is 1.04. The van der Waals surface area contributed by atoms with Crippen molar-refractivity contribution < 1.29 is 0 Å². The van der Waals surface area contributed by atoms with Gasteiger partial charge >= 0.3 is 0 Å². The molecule has 0 bridgehead atoms. The van der Waals surface area contributed by atoms with Gasteiger partial charge in [0.05, 0.1) is 5.69 Å². The van der Waals surface area contributed by atoms with Crippen LogP contribution in [0.1, 0.15) is 32.3 Å². The van der Waals surface area contributed by atoms with Crippen molar-refractivity contribution in [3.8, 4) is 0 Å². The van der Waals surface area contributed by atoms with E-state index in [1.807, 2.05) is 0 Å². The zero-order valence-corrected chi connectivity index (χ0v) is 10.5. The van der Waals surface area contributed by atoms with Crippen LogP contribution < -0.4 is 5.32 Å². The summed E-state index contributed by atoms with van der Waals surface area (Å²) >= 11 is 3.58. The minimum Gasteiger partial charge on any atom is -0.384 e. The molecule has 0 heterocycles. The zero-order valence-electron chi connectivity index (χ0n) is 8.94. The highest BCUT2D eigenvalue weighted by molar-refractivity contribution is 9.10. The van der Waals surface area contributed by atoms with E-state index in [9.17, 15) is 0 Å².